The van der Waals surface area contributed by atoms with Crippen molar-refractivity contribution in [1.82, 2.24) is 10.3 Å². The van der Waals surface area contributed by atoms with Gasteiger partial charge in [-0.3, -0.25) is 4.79 Å². The summed E-state index contributed by atoms with van der Waals surface area (Å²) in [5, 5.41) is 3.76. The number of hydrogen-bond acceptors (Lipinski definition) is 2. The van der Waals surface area contributed by atoms with Gasteiger partial charge in [-0.05, 0) is 49.6 Å². The summed E-state index contributed by atoms with van der Waals surface area (Å²) >= 11 is 0. The number of nitrogens with one attached hydrogen (secondary N) is 1. The fourth-order valence-electron chi connectivity index (χ4n) is 2.90. The lowest BCUT2D eigenvalue weighted by molar-refractivity contribution is 0.0953. The number of benzene rings is 2. The van der Waals surface area contributed by atoms with Crippen molar-refractivity contribution in [3.05, 3.63) is 65.5 Å². The van der Waals surface area contributed by atoms with Gasteiger partial charge in [-0.1, -0.05) is 37.6 Å². The first-order chi connectivity index (χ1) is 12.5. The third-order valence-corrected chi connectivity index (χ3v) is 4.37. The predicted octanol–water partition coefficient (Wildman–Crippen LogP) is 5.13. The summed E-state index contributed by atoms with van der Waals surface area (Å²) in [6.45, 7) is 6.83. The van der Waals surface area contributed by atoms with Crippen LogP contribution < -0.4 is 5.32 Å². The van der Waals surface area contributed by atoms with Crippen molar-refractivity contribution in [2.45, 2.75) is 27.2 Å². The van der Waals surface area contributed by atoms with Crippen LogP contribution in [0, 0.1) is 18.7 Å². The topological polar surface area (TPSA) is 42.0 Å². The van der Waals surface area contributed by atoms with Gasteiger partial charge >= 0.3 is 0 Å². The van der Waals surface area contributed by atoms with E-state index >= 15 is 0 Å². The highest BCUT2D eigenvalue weighted by Crippen LogP contribution is 2.27. The molecule has 0 saturated carbocycles. The zero-order valence-corrected chi connectivity index (χ0v) is 15.3. The van der Waals surface area contributed by atoms with E-state index in [2.05, 4.69) is 24.1 Å². The monoisotopic (exact) mass is 350 g/mol. The van der Waals surface area contributed by atoms with Gasteiger partial charge in [-0.25, -0.2) is 9.37 Å². The second-order valence-electron chi connectivity index (χ2n) is 6.99. The van der Waals surface area contributed by atoms with Crippen molar-refractivity contribution < 1.29 is 9.18 Å². The minimum Gasteiger partial charge on any atom is -0.352 e. The third kappa shape index (κ3) is 3.90. The molecule has 0 spiro atoms. The summed E-state index contributed by atoms with van der Waals surface area (Å²) in [5.74, 6) is 0.0135. The van der Waals surface area contributed by atoms with E-state index in [1.54, 1.807) is 24.3 Å². The van der Waals surface area contributed by atoms with Crippen LogP contribution in [0.5, 0.6) is 0 Å². The molecule has 3 nitrogen and oxygen atoms in total. The number of nitrogens with zero attached hydrogens (tertiary/aromatic N) is 1. The van der Waals surface area contributed by atoms with Gasteiger partial charge in [0.15, 0.2) is 0 Å². The number of halogens is 1. The zero-order valence-electron chi connectivity index (χ0n) is 15.3. The first-order valence-corrected chi connectivity index (χ1v) is 8.90. The van der Waals surface area contributed by atoms with Crippen LogP contribution in [0.15, 0.2) is 48.5 Å². The van der Waals surface area contributed by atoms with Crippen molar-refractivity contribution in [3.8, 4) is 11.3 Å². The number of aryl methyl sites for hydroxylation is 1. The number of aromatic nitrogens is 1. The standard InChI is InChI=1S/C22H23FN2O/c1-14(2)10-11-24-22(26)18-13-21(16-6-4-5-7-19(16)23)25-20-9-8-15(3)12-17(18)20/h4-9,12-14H,10-11H2,1-3H3,(H,24,26). The summed E-state index contributed by atoms with van der Waals surface area (Å²) in [5.41, 5.74) is 3.12. The minimum absolute atomic E-state index is 0.152. The summed E-state index contributed by atoms with van der Waals surface area (Å²) < 4.78 is 14.2. The molecule has 0 atom stereocenters. The highest BCUT2D eigenvalue weighted by Gasteiger charge is 2.15. The largest absolute Gasteiger partial charge is 0.352 e. The lowest BCUT2D eigenvalue weighted by Crippen LogP contribution is -2.25. The highest BCUT2D eigenvalue weighted by atomic mass is 19.1. The average Bonchev–Trinajstić information content (AvgIpc) is 2.61. The minimum atomic E-state index is -0.349. The van der Waals surface area contributed by atoms with Crippen LogP contribution in [0.3, 0.4) is 0 Å². The van der Waals surface area contributed by atoms with E-state index in [0.29, 0.717) is 34.8 Å². The SMILES string of the molecule is Cc1ccc2nc(-c3ccccc3F)cc(C(=O)NCCC(C)C)c2c1. The molecule has 0 aliphatic rings. The van der Waals surface area contributed by atoms with Crippen LogP contribution in [-0.2, 0) is 0 Å². The second-order valence-corrected chi connectivity index (χ2v) is 6.99. The normalized spacial score (nSPS) is 11.1. The Labute approximate surface area is 153 Å². The molecule has 26 heavy (non-hydrogen) atoms. The molecule has 3 aromatic rings. The Kier molecular flexibility index (Phi) is 5.31. The molecule has 134 valence electrons. The average molecular weight is 350 g/mol. The van der Waals surface area contributed by atoms with Crippen molar-refractivity contribution >= 4 is 16.8 Å². The summed E-state index contributed by atoms with van der Waals surface area (Å²) in [6, 6.07) is 13.9. The molecule has 1 amide bonds. The molecule has 3 rings (SSSR count). The molecule has 2 aromatic carbocycles. The van der Waals surface area contributed by atoms with Gasteiger partial charge in [0.05, 0.1) is 16.8 Å². The van der Waals surface area contributed by atoms with E-state index in [0.717, 1.165) is 17.4 Å². The van der Waals surface area contributed by atoms with Crippen molar-refractivity contribution in [2.24, 2.45) is 5.92 Å². The molecular formula is C22H23FN2O. The third-order valence-electron chi connectivity index (χ3n) is 4.37. The molecule has 0 unspecified atom stereocenters. The van der Waals surface area contributed by atoms with E-state index < -0.39 is 0 Å². The highest BCUT2D eigenvalue weighted by molar-refractivity contribution is 6.07. The van der Waals surface area contributed by atoms with E-state index in [1.807, 2.05) is 25.1 Å². The van der Waals surface area contributed by atoms with Gasteiger partial charge in [-0.15, -0.1) is 0 Å². The molecule has 0 fully saturated rings. The molecule has 0 saturated heterocycles. The fourth-order valence-corrected chi connectivity index (χ4v) is 2.90. The molecule has 1 heterocycles. The Morgan fingerprint density at radius 3 is 2.65 bits per heavy atom. The second kappa shape index (κ2) is 7.65. The Hall–Kier alpha value is -2.75. The van der Waals surface area contributed by atoms with Crippen molar-refractivity contribution in [1.29, 1.82) is 0 Å². The maximum absolute atomic E-state index is 14.2. The molecule has 0 aliphatic carbocycles. The molecule has 0 radical (unpaired) electrons. The lowest BCUT2D eigenvalue weighted by atomic mass is 10.0. The molecule has 0 aliphatic heterocycles. The fraction of sp³-hybridized carbons (Fsp3) is 0.273. The van der Waals surface area contributed by atoms with Gasteiger partial charge in [-0.2, -0.15) is 0 Å². The number of carbonyl (C=O) groups excluding carboxylic acids is 1. The first kappa shape index (κ1) is 18.1. The number of amides is 1. The molecule has 1 N–H and O–H groups in total. The Morgan fingerprint density at radius 1 is 1.15 bits per heavy atom. The van der Waals surface area contributed by atoms with Crippen molar-refractivity contribution in [3.63, 3.8) is 0 Å². The Bertz CT molecular complexity index is 950. The van der Waals surface area contributed by atoms with E-state index in [9.17, 15) is 9.18 Å². The number of carbonyl (C=O) groups is 1. The molecular weight excluding hydrogens is 327 g/mol. The van der Waals surface area contributed by atoms with Crippen LogP contribution in [0.25, 0.3) is 22.2 Å². The summed E-state index contributed by atoms with van der Waals surface area (Å²) in [6.07, 6.45) is 0.911. The summed E-state index contributed by atoms with van der Waals surface area (Å²) in [4.78, 5) is 17.4. The van der Waals surface area contributed by atoms with Crippen LogP contribution in [0.4, 0.5) is 4.39 Å². The molecule has 4 heteroatoms. The molecule has 0 bridgehead atoms. The van der Waals surface area contributed by atoms with E-state index in [-0.39, 0.29) is 11.7 Å². The van der Waals surface area contributed by atoms with E-state index in [4.69, 9.17) is 0 Å². The van der Waals surface area contributed by atoms with Crippen LogP contribution in [0.1, 0.15) is 36.2 Å². The number of fused-ring (bicyclic) bond motifs is 1. The van der Waals surface area contributed by atoms with Gasteiger partial charge in [0, 0.05) is 17.5 Å². The zero-order chi connectivity index (χ0) is 18.7. The van der Waals surface area contributed by atoms with Crippen LogP contribution >= 0.6 is 0 Å². The van der Waals surface area contributed by atoms with Crippen molar-refractivity contribution in [2.75, 3.05) is 6.54 Å². The van der Waals surface area contributed by atoms with E-state index in [1.165, 1.54) is 6.07 Å². The van der Waals surface area contributed by atoms with Gasteiger partial charge in [0.1, 0.15) is 5.82 Å². The smallest absolute Gasteiger partial charge is 0.252 e. The maximum atomic E-state index is 14.2. The molecule has 1 aromatic heterocycles. The number of pyridine rings is 1. The lowest BCUT2D eigenvalue weighted by Gasteiger charge is -2.12. The Morgan fingerprint density at radius 2 is 1.92 bits per heavy atom. The number of rotatable bonds is 5. The van der Waals surface area contributed by atoms with Crippen LogP contribution in [0.2, 0.25) is 0 Å². The van der Waals surface area contributed by atoms with Gasteiger partial charge in [0.2, 0.25) is 0 Å². The predicted molar refractivity (Wildman–Crippen MR) is 104 cm³/mol. The Balaban J connectivity index is 2.08. The summed E-state index contributed by atoms with van der Waals surface area (Å²) in [7, 11) is 0. The quantitative estimate of drug-likeness (QED) is 0.693. The van der Waals surface area contributed by atoms with Crippen LogP contribution in [-0.4, -0.2) is 17.4 Å². The van der Waals surface area contributed by atoms with Gasteiger partial charge in [0.25, 0.3) is 5.91 Å². The number of hydrogen-bond donors (Lipinski definition) is 1. The maximum Gasteiger partial charge on any atom is 0.252 e. The first-order valence-electron chi connectivity index (χ1n) is 8.90. The van der Waals surface area contributed by atoms with Gasteiger partial charge < -0.3 is 5.32 Å².